The van der Waals surface area contributed by atoms with Crippen molar-refractivity contribution >= 4 is 23.9 Å². The van der Waals surface area contributed by atoms with Crippen molar-refractivity contribution in [3.8, 4) is 0 Å². The highest BCUT2D eigenvalue weighted by Gasteiger charge is 2.56. The fourth-order valence-corrected chi connectivity index (χ4v) is 6.66. The van der Waals surface area contributed by atoms with Gasteiger partial charge in [0.2, 0.25) is 0 Å². The summed E-state index contributed by atoms with van der Waals surface area (Å²) in [5, 5.41) is 21.6. The van der Waals surface area contributed by atoms with Crippen molar-refractivity contribution in [1.82, 2.24) is 9.55 Å². The van der Waals surface area contributed by atoms with Gasteiger partial charge in [0.05, 0.1) is 28.9 Å². The second kappa shape index (κ2) is 18.9. The fourth-order valence-electron chi connectivity index (χ4n) is 6.66. The number of aromatic nitrogens is 2. The van der Waals surface area contributed by atoms with Gasteiger partial charge in [0.25, 0.3) is 5.56 Å². The molecule has 0 radical (unpaired) electrons. The molecular weight excluding hydrogens is 784 g/mol. The molecule has 2 saturated heterocycles. The van der Waals surface area contributed by atoms with Gasteiger partial charge in [-0.3, -0.25) is 14.3 Å². The first-order valence-electron chi connectivity index (χ1n) is 18.7. The summed E-state index contributed by atoms with van der Waals surface area (Å²) in [7, 11) is 0. The van der Waals surface area contributed by atoms with E-state index >= 15 is 0 Å². The van der Waals surface area contributed by atoms with Gasteiger partial charge < -0.3 is 43.4 Å². The topological polar surface area (TPSA) is 228 Å². The summed E-state index contributed by atoms with van der Waals surface area (Å²) in [4.78, 5) is 81.9. The first kappa shape index (κ1) is 41.4. The number of rotatable bonds is 13. The van der Waals surface area contributed by atoms with Gasteiger partial charge in [-0.05, 0) is 48.5 Å². The lowest BCUT2D eigenvalue weighted by Crippen LogP contribution is -2.64. The van der Waals surface area contributed by atoms with Crippen LogP contribution in [0.5, 0.6) is 0 Å². The molecule has 7 rings (SSSR count). The summed E-state index contributed by atoms with van der Waals surface area (Å²) in [5.41, 5.74) is -1.35. The molecule has 5 aromatic rings. The Kier molecular flexibility index (Phi) is 13.0. The van der Waals surface area contributed by atoms with E-state index in [-0.39, 0.29) is 22.3 Å². The van der Waals surface area contributed by atoms with Gasteiger partial charge in [0.1, 0.15) is 31.0 Å². The first-order valence-corrected chi connectivity index (χ1v) is 18.7. The number of esters is 4. The molecule has 310 valence electrons. The summed E-state index contributed by atoms with van der Waals surface area (Å²) in [6.07, 6.45) is -13.9. The highest BCUT2D eigenvalue weighted by atomic mass is 16.7. The SMILES string of the molecule is O=C(OCC1OC(OC2C(O)[C@@H](CO)O[C@H]2n2ccc(=O)[nH]c2=O)C(OC(=O)c2ccccc2)C(OC(=O)c2ccccc2)C1OC(=O)c1ccccc1)c1ccccc1. The summed E-state index contributed by atoms with van der Waals surface area (Å²) < 4.78 is 43.3. The molecule has 60 heavy (non-hydrogen) atoms. The van der Waals surface area contributed by atoms with Crippen LogP contribution >= 0.6 is 0 Å². The minimum atomic E-state index is -1.89. The Morgan fingerprint density at radius 3 is 1.53 bits per heavy atom. The average Bonchev–Trinajstić information content (AvgIpc) is 3.59. The van der Waals surface area contributed by atoms with Gasteiger partial charge in [-0.25, -0.2) is 24.0 Å². The zero-order valence-corrected chi connectivity index (χ0v) is 31.5. The molecule has 0 saturated carbocycles. The quantitative estimate of drug-likeness (QED) is 0.114. The predicted molar refractivity (Wildman–Crippen MR) is 206 cm³/mol. The smallest absolute Gasteiger partial charge is 0.338 e. The summed E-state index contributed by atoms with van der Waals surface area (Å²) in [6.45, 7) is -1.41. The zero-order valence-electron chi connectivity index (χ0n) is 31.5. The van der Waals surface area contributed by atoms with E-state index < -0.39 is 104 Å². The molecule has 0 spiro atoms. The second-order valence-electron chi connectivity index (χ2n) is 13.6. The van der Waals surface area contributed by atoms with Crippen molar-refractivity contribution in [2.45, 2.75) is 55.2 Å². The minimum Gasteiger partial charge on any atom is -0.459 e. The van der Waals surface area contributed by atoms with Gasteiger partial charge in [-0.2, -0.15) is 0 Å². The molecule has 0 amide bonds. The number of carbonyl (C=O) groups is 4. The van der Waals surface area contributed by atoms with Crippen molar-refractivity contribution in [2.75, 3.05) is 13.2 Å². The Bertz CT molecular complexity index is 2380. The lowest BCUT2D eigenvalue weighted by Gasteiger charge is -2.45. The molecule has 0 bridgehead atoms. The van der Waals surface area contributed by atoms with Crippen molar-refractivity contribution in [2.24, 2.45) is 0 Å². The standard InChI is InChI=1S/C43H38N2O15/c46-23-29-32(48)34(37(55-29)45-22-21-31(47)44-43(45)53)60-42-36(59-41(52)28-19-11-4-12-20-28)35(58-40(51)27-17-9-3-10-18-27)33(57-39(50)26-15-7-2-8-16-26)30(56-42)24-54-38(49)25-13-5-1-6-14-25/h1-22,29-30,32-37,42,46,48H,23-24H2,(H,44,47,53)/t29-,30?,32?,33?,34?,35?,36?,37-,42?/m1/s1. The molecule has 3 N–H and O–H groups in total. The maximum Gasteiger partial charge on any atom is 0.338 e. The zero-order chi connectivity index (χ0) is 42.2. The molecule has 17 heteroatoms. The first-order chi connectivity index (χ1) is 29.1. The van der Waals surface area contributed by atoms with Crippen LogP contribution in [0.3, 0.4) is 0 Å². The number of ether oxygens (including phenoxy) is 7. The number of nitrogens with zero attached hydrogens (tertiary/aromatic N) is 1. The van der Waals surface area contributed by atoms with Crippen LogP contribution in [0.25, 0.3) is 0 Å². The van der Waals surface area contributed by atoms with Crippen LogP contribution in [0.1, 0.15) is 47.7 Å². The van der Waals surface area contributed by atoms with E-state index in [1.807, 2.05) is 0 Å². The van der Waals surface area contributed by atoms with Crippen LogP contribution in [0.2, 0.25) is 0 Å². The highest BCUT2D eigenvalue weighted by molar-refractivity contribution is 5.91. The van der Waals surface area contributed by atoms with Crippen LogP contribution in [-0.4, -0.2) is 106 Å². The number of hydrogen-bond acceptors (Lipinski definition) is 15. The number of aliphatic hydroxyl groups excluding tert-OH is 2. The van der Waals surface area contributed by atoms with Crippen LogP contribution in [0, 0.1) is 0 Å². The monoisotopic (exact) mass is 822 g/mol. The third-order valence-electron chi connectivity index (χ3n) is 9.65. The van der Waals surface area contributed by atoms with E-state index in [0.29, 0.717) is 0 Å². The van der Waals surface area contributed by atoms with Gasteiger partial charge in [-0.1, -0.05) is 72.8 Å². The lowest BCUT2D eigenvalue weighted by molar-refractivity contribution is -0.317. The van der Waals surface area contributed by atoms with Crippen molar-refractivity contribution in [1.29, 1.82) is 0 Å². The Labute approximate surface area is 340 Å². The van der Waals surface area contributed by atoms with E-state index in [2.05, 4.69) is 4.98 Å². The van der Waals surface area contributed by atoms with E-state index in [4.69, 9.17) is 33.2 Å². The van der Waals surface area contributed by atoms with Crippen molar-refractivity contribution in [3.63, 3.8) is 0 Å². The number of carbonyl (C=O) groups excluding carboxylic acids is 4. The number of hydrogen-bond donors (Lipinski definition) is 3. The number of aromatic amines is 1. The van der Waals surface area contributed by atoms with E-state index in [0.717, 1.165) is 16.8 Å². The molecule has 2 aliphatic rings. The fraction of sp³-hybridized carbons (Fsp3) is 0.256. The molecule has 7 unspecified atom stereocenters. The van der Waals surface area contributed by atoms with Crippen molar-refractivity contribution in [3.05, 3.63) is 177 Å². The average molecular weight is 823 g/mol. The number of nitrogens with one attached hydrogen (secondary N) is 1. The Balaban J connectivity index is 1.33. The maximum absolute atomic E-state index is 13.9. The second-order valence-corrected chi connectivity index (χ2v) is 13.6. The molecule has 3 heterocycles. The number of H-pyrrole nitrogens is 1. The largest absolute Gasteiger partial charge is 0.459 e. The van der Waals surface area contributed by atoms with Crippen LogP contribution in [-0.2, 0) is 33.2 Å². The predicted octanol–water partition coefficient (Wildman–Crippen LogP) is 2.43. The molecule has 0 aliphatic carbocycles. The van der Waals surface area contributed by atoms with Gasteiger partial charge >= 0.3 is 29.6 Å². The van der Waals surface area contributed by atoms with Crippen molar-refractivity contribution < 1.29 is 62.5 Å². The third-order valence-corrected chi connectivity index (χ3v) is 9.65. The molecule has 1 aromatic heterocycles. The third kappa shape index (κ3) is 9.41. The molecule has 2 aliphatic heterocycles. The molecule has 9 atom stereocenters. The summed E-state index contributed by atoms with van der Waals surface area (Å²) in [5.74, 6) is -3.64. The van der Waals surface area contributed by atoms with Crippen LogP contribution in [0.4, 0.5) is 0 Å². The van der Waals surface area contributed by atoms with E-state index in [1.165, 1.54) is 48.5 Å². The molecule has 4 aromatic carbocycles. The number of benzene rings is 4. The Hall–Kier alpha value is -6.76. The maximum atomic E-state index is 13.9. The van der Waals surface area contributed by atoms with Gasteiger partial charge in [0.15, 0.2) is 30.8 Å². The van der Waals surface area contributed by atoms with Gasteiger partial charge in [0, 0.05) is 12.3 Å². The molecular formula is C43H38N2O15. The Morgan fingerprint density at radius 2 is 1.05 bits per heavy atom. The number of aliphatic hydroxyl groups is 2. The highest BCUT2D eigenvalue weighted by Crippen LogP contribution is 2.37. The van der Waals surface area contributed by atoms with Crippen LogP contribution < -0.4 is 11.2 Å². The van der Waals surface area contributed by atoms with Crippen LogP contribution in [0.15, 0.2) is 143 Å². The van der Waals surface area contributed by atoms with E-state index in [1.54, 1.807) is 72.8 Å². The van der Waals surface area contributed by atoms with E-state index in [9.17, 15) is 39.0 Å². The normalized spacial score (nSPS) is 24.8. The summed E-state index contributed by atoms with van der Waals surface area (Å²) in [6, 6.07) is 32.2. The lowest BCUT2D eigenvalue weighted by atomic mass is 9.97. The summed E-state index contributed by atoms with van der Waals surface area (Å²) >= 11 is 0. The Morgan fingerprint density at radius 1 is 0.583 bits per heavy atom. The molecule has 2 fully saturated rings. The molecule has 17 nitrogen and oxygen atoms in total. The van der Waals surface area contributed by atoms with Gasteiger partial charge in [-0.15, -0.1) is 0 Å². The minimum absolute atomic E-state index is 0.0448.